The van der Waals surface area contributed by atoms with E-state index in [1.165, 1.54) is 4.90 Å². The second kappa shape index (κ2) is 15.4. The lowest BCUT2D eigenvalue weighted by atomic mass is 9.75. The summed E-state index contributed by atoms with van der Waals surface area (Å²) >= 11 is 0.916. The van der Waals surface area contributed by atoms with Gasteiger partial charge in [-0.25, -0.2) is 0 Å². The first-order valence-corrected chi connectivity index (χ1v) is 17.6. The van der Waals surface area contributed by atoms with Gasteiger partial charge in [0.2, 0.25) is 4.93 Å². The Morgan fingerprint density at radius 3 is 1.69 bits per heavy atom. The van der Waals surface area contributed by atoms with Crippen molar-refractivity contribution < 1.29 is 19.2 Å². The third-order valence-electron chi connectivity index (χ3n) is 8.93. The highest BCUT2D eigenvalue weighted by molar-refractivity contribution is 8.15. The number of hydrogen-bond donors (Lipinski definition) is 0. The van der Waals surface area contributed by atoms with Gasteiger partial charge in [0.25, 0.3) is 11.1 Å². The molecular weight excluding hydrogens is 653 g/mol. The maximum absolute atomic E-state index is 15.2. The van der Waals surface area contributed by atoms with Gasteiger partial charge in [-0.1, -0.05) is 175 Å². The fourth-order valence-electron chi connectivity index (χ4n) is 6.64. The van der Waals surface area contributed by atoms with Crippen LogP contribution in [0.4, 0.5) is 4.79 Å². The molecule has 252 valence electrons. The lowest BCUT2D eigenvalue weighted by molar-refractivity contribution is -0.146. The normalized spacial score (nSPS) is 16.1. The van der Waals surface area contributed by atoms with Crippen LogP contribution < -0.4 is 0 Å². The standard InChI is InChI=1S/C44H36N2O4S/c47-41-43(32-34-17-6-1-7-18-34,49-29-30-50-45-33-35-19-16-22-37(31-35)36-20-8-2-9-21-36)51-42(48)46(41)44(38-23-10-3-11-24-38,39-25-12-4-13-26-39)40-27-14-5-15-28-40/h1-28,31,33H,29-30,32H2. The Morgan fingerprint density at radius 1 is 0.608 bits per heavy atom. The number of ether oxygens (including phenoxy) is 1. The molecule has 0 radical (unpaired) electrons. The molecule has 1 heterocycles. The predicted molar refractivity (Wildman–Crippen MR) is 203 cm³/mol. The smallest absolute Gasteiger partial charge is 0.293 e. The molecule has 6 aromatic carbocycles. The van der Waals surface area contributed by atoms with Crippen LogP contribution >= 0.6 is 11.8 Å². The average Bonchev–Trinajstić information content (AvgIpc) is 3.43. The van der Waals surface area contributed by atoms with Gasteiger partial charge in [-0.2, -0.15) is 0 Å². The van der Waals surface area contributed by atoms with Crippen LogP contribution in [0.25, 0.3) is 11.1 Å². The molecule has 0 aliphatic carbocycles. The highest BCUT2D eigenvalue weighted by atomic mass is 32.2. The lowest BCUT2D eigenvalue weighted by Gasteiger charge is -2.42. The van der Waals surface area contributed by atoms with Crippen LogP contribution in [0, 0.1) is 0 Å². The van der Waals surface area contributed by atoms with E-state index < -0.39 is 21.6 Å². The van der Waals surface area contributed by atoms with Crippen molar-refractivity contribution in [3.63, 3.8) is 0 Å². The maximum Gasteiger partial charge on any atom is 0.293 e. The Bertz CT molecular complexity index is 2000. The molecule has 0 bridgehead atoms. The van der Waals surface area contributed by atoms with E-state index >= 15 is 4.79 Å². The van der Waals surface area contributed by atoms with Gasteiger partial charge in [-0.05, 0) is 56.8 Å². The van der Waals surface area contributed by atoms with Crippen LogP contribution in [0.1, 0.15) is 27.8 Å². The minimum atomic E-state index is -1.54. The third kappa shape index (κ3) is 6.99. The number of oxime groups is 1. The summed E-state index contributed by atoms with van der Waals surface area (Å²) in [4.78, 5) is 35.2. The van der Waals surface area contributed by atoms with Gasteiger partial charge < -0.3 is 9.57 Å². The molecule has 1 saturated heterocycles. The Morgan fingerprint density at radius 2 is 1.12 bits per heavy atom. The molecule has 1 fully saturated rings. The number of rotatable bonds is 13. The Balaban J connectivity index is 1.19. The van der Waals surface area contributed by atoms with Crippen molar-refractivity contribution in [1.29, 1.82) is 0 Å². The zero-order valence-corrected chi connectivity index (χ0v) is 28.7. The summed E-state index contributed by atoms with van der Waals surface area (Å²) in [6.07, 6.45) is 1.84. The van der Waals surface area contributed by atoms with Crippen LogP contribution in [-0.4, -0.2) is 40.4 Å². The van der Waals surface area contributed by atoms with Crippen molar-refractivity contribution in [3.8, 4) is 11.1 Å². The number of imide groups is 1. The summed E-state index contributed by atoms with van der Waals surface area (Å²) in [6, 6.07) is 56.9. The molecule has 1 unspecified atom stereocenters. The second-order valence-electron chi connectivity index (χ2n) is 12.1. The lowest BCUT2D eigenvalue weighted by Crippen LogP contribution is -2.54. The number of thioether (sulfide) groups is 1. The number of benzene rings is 6. The molecular formula is C44H36N2O4S. The van der Waals surface area contributed by atoms with Crippen LogP contribution in [0.2, 0.25) is 0 Å². The highest BCUT2D eigenvalue weighted by Gasteiger charge is 2.61. The fourth-order valence-corrected chi connectivity index (χ4v) is 7.79. The van der Waals surface area contributed by atoms with Gasteiger partial charge in [0.15, 0.2) is 0 Å². The number of carbonyl (C=O) groups excluding carboxylic acids is 2. The molecule has 0 saturated carbocycles. The summed E-state index contributed by atoms with van der Waals surface area (Å²) < 4.78 is 6.49. The average molecular weight is 689 g/mol. The molecule has 7 rings (SSSR count). The monoisotopic (exact) mass is 688 g/mol. The van der Waals surface area contributed by atoms with Crippen molar-refractivity contribution in [1.82, 2.24) is 4.90 Å². The number of hydrogen-bond acceptors (Lipinski definition) is 6. The summed E-state index contributed by atoms with van der Waals surface area (Å²) in [5, 5.41) is 3.78. The largest absolute Gasteiger partial charge is 0.393 e. The zero-order chi connectivity index (χ0) is 34.9. The molecule has 1 aliphatic rings. The van der Waals surface area contributed by atoms with Crippen molar-refractivity contribution >= 4 is 29.1 Å². The number of carbonyl (C=O) groups is 2. The summed E-state index contributed by atoms with van der Waals surface area (Å²) in [6.45, 7) is 0.109. The molecule has 0 N–H and O–H groups in total. The minimum Gasteiger partial charge on any atom is -0.393 e. The second-order valence-corrected chi connectivity index (χ2v) is 13.4. The Hall–Kier alpha value is -5.76. The molecule has 51 heavy (non-hydrogen) atoms. The topological polar surface area (TPSA) is 68.2 Å². The summed E-state index contributed by atoms with van der Waals surface area (Å²) in [5.41, 5.74) is 5.05. The van der Waals surface area contributed by atoms with Gasteiger partial charge >= 0.3 is 0 Å². The Labute approximate surface area is 302 Å². The van der Waals surface area contributed by atoms with Crippen molar-refractivity contribution in [2.45, 2.75) is 16.9 Å². The van der Waals surface area contributed by atoms with E-state index in [9.17, 15) is 4.79 Å². The summed E-state index contributed by atoms with van der Waals surface area (Å²) in [7, 11) is 0. The first kappa shape index (κ1) is 33.7. The van der Waals surface area contributed by atoms with Crippen molar-refractivity contribution in [2.24, 2.45) is 5.16 Å². The van der Waals surface area contributed by atoms with E-state index in [0.29, 0.717) is 0 Å². The number of nitrogens with zero attached hydrogens (tertiary/aromatic N) is 2. The molecule has 7 heteroatoms. The summed E-state index contributed by atoms with van der Waals surface area (Å²) in [5.74, 6) is -0.431. The fraction of sp³-hybridized carbons (Fsp3) is 0.114. The Kier molecular flexibility index (Phi) is 10.2. The van der Waals surface area contributed by atoms with E-state index in [-0.39, 0.29) is 19.6 Å². The SMILES string of the molecule is O=C1SC(Cc2ccccc2)(OCCON=Cc2cccc(-c3ccccc3)c2)C(=O)N1C(c1ccccc1)(c1ccccc1)c1ccccc1. The van der Waals surface area contributed by atoms with E-state index in [1.807, 2.05) is 158 Å². The van der Waals surface area contributed by atoms with E-state index in [1.54, 1.807) is 6.21 Å². The molecule has 1 aliphatic heterocycles. The molecule has 6 nitrogen and oxygen atoms in total. The minimum absolute atomic E-state index is 0.0309. The molecule has 0 spiro atoms. The highest BCUT2D eigenvalue weighted by Crippen LogP contribution is 2.51. The number of amides is 2. The van der Waals surface area contributed by atoms with Gasteiger partial charge in [0, 0.05) is 6.42 Å². The quantitative estimate of drug-likeness (QED) is 0.0524. The van der Waals surface area contributed by atoms with E-state index in [2.05, 4.69) is 23.4 Å². The van der Waals surface area contributed by atoms with Gasteiger partial charge in [0.05, 0.1) is 12.8 Å². The van der Waals surface area contributed by atoms with Gasteiger partial charge in [0.1, 0.15) is 12.1 Å². The maximum atomic E-state index is 15.2. The first-order valence-electron chi connectivity index (χ1n) is 16.8. The van der Waals surface area contributed by atoms with Crippen LogP contribution in [-0.2, 0) is 26.3 Å². The van der Waals surface area contributed by atoms with Gasteiger partial charge in [-0.15, -0.1) is 0 Å². The van der Waals surface area contributed by atoms with Crippen LogP contribution in [0.15, 0.2) is 181 Å². The molecule has 2 amide bonds. The van der Waals surface area contributed by atoms with Crippen molar-refractivity contribution in [2.75, 3.05) is 13.2 Å². The third-order valence-corrected chi connectivity index (χ3v) is 10.1. The van der Waals surface area contributed by atoms with E-state index in [0.717, 1.165) is 50.7 Å². The zero-order valence-electron chi connectivity index (χ0n) is 27.9. The van der Waals surface area contributed by atoms with Gasteiger partial charge in [-0.3, -0.25) is 14.5 Å². The molecule has 6 aromatic rings. The van der Waals surface area contributed by atoms with Crippen LogP contribution in [0.3, 0.4) is 0 Å². The first-order chi connectivity index (χ1) is 25.1. The predicted octanol–water partition coefficient (Wildman–Crippen LogP) is 9.35. The van der Waals surface area contributed by atoms with Crippen molar-refractivity contribution in [3.05, 3.63) is 204 Å². The van der Waals surface area contributed by atoms with Crippen LogP contribution in [0.5, 0.6) is 0 Å². The van der Waals surface area contributed by atoms with E-state index in [4.69, 9.17) is 9.57 Å². The molecule has 0 aromatic heterocycles. The molecule has 1 atom stereocenters.